The Morgan fingerprint density at radius 2 is 1.94 bits per heavy atom. The van der Waals surface area contributed by atoms with E-state index in [-0.39, 0.29) is 0 Å². The van der Waals surface area contributed by atoms with Gasteiger partial charge in [-0.15, -0.1) is 6.42 Å². The Morgan fingerprint density at radius 3 is 2.56 bits per heavy atom. The monoisotopic (exact) mass is 219 g/mol. The van der Waals surface area contributed by atoms with Crippen LogP contribution < -0.4 is 14.8 Å². The van der Waals surface area contributed by atoms with Gasteiger partial charge in [0.15, 0.2) is 11.5 Å². The van der Waals surface area contributed by atoms with Crippen molar-refractivity contribution < 1.29 is 9.47 Å². The number of hydrogen-bond acceptors (Lipinski definition) is 3. The zero-order valence-electron chi connectivity index (χ0n) is 9.53. The highest BCUT2D eigenvalue weighted by Gasteiger charge is 2.02. The fourth-order valence-corrected chi connectivity index (χ4v) is 1.24. The molecule has 0 atom stereocenters. The maximum absolute atomic E-state index is 5.58. The minimum Gasteiger partial charge on any atom is -0.490 e. The van der Waals surface area contributed by atoms with Gasteiger partial charge in [0.2, 0.25) is 0 Å². The van der Waals surface area contributed by atoms with Crippen LogP contribution in [0.2, 0.25) is 0 Å². The second-order valence-electron chi connectivity index (χ2n) is 3.11. The van der Waals surface area contributed by atoms with Crippen molar-refractivity contribution in [3.8, 4) is 23.8 Å². The summed E-state index contributed by atoms with van der Waals surface area (Å²) in [6.45, 7) is 4.45. The Kier molecular flexibility index (Phi) is 5.90. The molecular formula is C13H17NO2. The molecule has 0 aliphatic heterocycles. The first-order valence-electron chi connectivity index (χ1n) is 5.37. The van der Waals surface area contributed by atoms with Gasteiger partial charge in [0.1, 0.15) is 6.61 Å². The molecule has 0 unspecified atom stereocenters. The van der Waals surface area contributed by atoms with Crippen LogP contribution in [0.25, 0.3) is 0 Å². The number of ether oxygens (including phenoxy) is 2. The lowest BCUT2D eigenvalue weighted by Gasteiger charge is -2.11. The van der Waals surface area contributed by atoms with Gasteiger partial charge in [-0.1, -0.05) is 18.1 Å². The lowest BCUT2D eigenvalue weighted by Crippen LogP contribution is -2.21. The highest BCUT2D eigenvalue weighted by molar-refractivity contribution is 5.39. The molecule has 0 bridgehead atoms. The lowest BCUT2D eigenvalue weighted by molar-refractivity contribution is 0.277. The van der Waals surface area contributed by atoms with Crippen LogP contribution in [0.3, 0.4) is 0 Å². The first-order valence-corrected chi connectivity index (χ1v) is 5.37. The molecule has 16 heavy (non-hydrogen) atoms. The molecular weight excluding hydrogens is 202 g/mol. The molecule has 1 N–H and O–H groups in total. The lowest BCUT2D eigenvalue weighted by atomic mass is 10.3. The second-order valence-corrected chi connectivity index (χ2v) is 3.11. The molecule has 0 aromatic heterocycles. The van der Waals surface area contributed by atoms with Crippen LogP contribution >= 0.6 is 0 Å². The van der Waals surface area contributed by atoms with Gasteiger partial charge in [0.25, 0.3) is 0 Å². The first-order chi connectivity index (χ1) is 7.88. The summed E-state index contributed by atoms with van der Waals surface area (Å²) in [5, 5.41) is 3.05. The zero-order valence-corrected chi connectivity index (χ0v) is 9.53. The molecule has 3 heteroatoms. The van der Waals surface area contributed by atoms with Crippen molar-refractivity contribution in [1.82, 2.24) is 5.32 Å². The van der Waals surface area contributed by atoms with Crippen molar-refractivity contribution in [1.29, 1.82) is 0 Å². The summed E-state index contributed by atoms with van der Waals surface area (Å²) in [6.07, 6.45) is 5.11. The SMILES string of the molecule is C#CCNCCOc1ccccc1OCC. The van der Waals surface area contributed by atoms with Crippen molar-refractivity contribution in [2.24, 2.45) is 0 Å². The van der Waals surface area contributed by atoms with E-state index in [4.69, 9.17) is 15.9 Å². The number of nitrogens with one attached hydrogen (secondary N) is 1. The van der Waals surface area contributed by atoms with Gasteiger partial charge in [-0.25, -0.2) is 0 Å². The molecule has 0 radical (unpaired) electrons. The molecule has 86 valence electrons. The largest absolute Gasteiger partial charge is 0.490 e. The Bertz CT molecular complexity index is 344. The van der Waals surface area contributed by atoms with Crippen molar-refractivity contribution in [3.63, 3.8) is 0 Å². The molecule has 0 saturated carbocycles. The van der Waals surface area contributed by atoms with Crippen LogP contribution in [-0.4, -0.2) is 26.3 Å². The molecule has 0 saturated heterocycles. The summed E-state index contributed by atoms with van der Waals surface area (Å²) < 4.78 is 11.0. The highest BCUT2D eigenvalue weighted by atomic mass is 16.5. The fourth-order valence-electron chi connectivity index (χ4n) is 1.24. The summed E-state index contributed by atoms with van der Waals surface area (Å²) in [7, 11) is 0. The quantitative estimate of drug-likeness (QED) is 0.559. The van der Waals surface area contributed by atoms with Gasteiger partial charge in [-0.05, 0) is 19.1 Å². The van der Waals surface area contributed by atoms with Gasteiger partial charge in [0, 0.05) is 6.54 Å². The molecule has 1 aromatic rings. The van der Waals surface area contributed by atoms with Crippen molar-refractivity contribution in [3.05, 3.63) is 24.3 Å². The molecule has 0 heterocycles. The zero-order chi connectivity index (χ0) is 11.6. The average molecular weight is 219 g/mol. The Labute approximate surface area is 96.8 Å². The summed E-state index contributed by atoms with van der Waals surface area (Å²) >= 11 is 0. The van der Waals surface area contributed by atoms with Gasteiger partial charge in [0.05, 0.1) is 13.2 Å². The minimum atomic E-state index is 0.566. The molecule has 0 aliphatic carbocycles. The van der Waals surface area contributed by atoms with Crippen LogP contribution in [0.5, 0.6) is 11.5 Å². The van der Waals surface area contributed by atoms with E-state index in [1.165, 1.54) is 0 Å². The standard InChI is InChI=1S/C13H17NO2/c1-3-9-14-10-11-16-13-8-6-5-7-12(13)15-4-2/h1,5-8,14H,4,9-11H2,2H3. The fraction of sp³-hybridized carbons (Fsp3) is 0.385. The van der Waals surface area contributed by atoms with Gasteiger partial charge in [-0.3, -0.25) is 0 Å². The van der Waals surface area contributed by atoms with Gasteiger partial charge >= 0.3 is 0 Å². The third-order valence-electron chi connectivity index (χ3n) is 1.91. The van der Waals surface area contributed by atoms with E-state index in [0.29, 0.717) is 19.8 Å². The molecule has 3 nitrogen and oxygen atoms in total. The Hall–Kier alpha value is -1.66. The van der Waals surface area contributed by atoms with E-state index < -0.39 is 0 Å². The minimum absolute atomic E-state index is 0.566. The van der Waals surface area contributed by atoms with Crippen molar-refractivity contribution >= 4 is 0 Å². The smallest absolute Gasteiger partial charge is 0.161 e. The third-order valence-corrected chi connectivity index (χ3v) is 1.91. The normalized spacial score (nSPS) is 9.50. The van der Waals surface area contributed by atoms with Crippen molar-refractivity contribution in [2.75, 3.05) is 26.3 Å². The van der Waals surface area contributed by atoms with Gasteiger partial charge < -0.3 is 14.8 Å². The summed E-state index contributed by atoms with van der Waals surface area (Å²) in [5.74, 6) is 4.06. The molecule has 1 rings (SSSR count). The number of terminal acetylenes is 1. The van der Waals surface area contributed by atoms with E-state index in [2.05, 4.69) is 11.2 Å². The molecule has 0 amide bonds. The van der Waals surface area contributed by atoms with Crippen molar-refractivity contribution in [2.45, 2.75) is 6.92 Å². The van der Waals surface area contributed by atoms with Crippen LogP contribution in [0.1, 0.15) is 6.92 Å². The Balaban J connectivity index is 2.38. The van der Waals surface area contributed by atoms with E-state index in [1.807, 2.05) is 31.2 Å². The number of rotatable bonds is 7. The summed E-state index contributed by atoms with van der Waals surface area (Å²) in [4.78, 5) is 0. The Morgan fingerprint density at radius 1 is 1.25 bits per heavy atom. The maximum atomic E-state index is 5.58. The molecule has 1 aromatic carbocycles. The van der Waals surface area contributed by atoms with Crippen LogP contribution in [0, 0.1) is 12.3 Å². The summed E-state index contributed by atoms with van der Waals surface area (Å²) in [6, 6.07) is 7.64. The number of hydrogen-bond donors (Lipinski definition) is 1. The number of benzene rings is 1. The van der Waals surface area contributed by atoms with Gasteiger partial charge in [-0.2, -0.15) is 0 Å². The predicted molar refractivity (Wildman–Crippen MR) is 64.8 cm³/mol. The highest BCUT2D eigenvalue weighted by Crippen LogP contribution is 2.25. The predicted octanol–water partition coefficient (Wildman–Crippen LogP) is 1.69. The average Bonchev–Trinajstić information content (AvgIpc) is 2.31. The van der Waals surface area contributed by atoms with E-state index in [0.717, 1.165) is 18.0 Å². The molecule has 0 spiro atoms. The summed E-state index contributed by atoms with van der Waals surface area (Å²) in [5.41, 5.74) is 0. The van der Waals surface area contributed by atoms with Crippen LogP contribution in [0.4, 0.5) is 0 Å². The first kappa shape index (κ1) is 12.4. The van der Waals surface area contributed by atoms with E-state index in [1.54, 1.807) is 0 Å². The topological polar surface area (TPSA) is 30.5 Å². The molecule has 0 fully saturated rings. The van der Waals surface area contributed by atoms with E-state index in [9.17, 15) is 0 Å². The third kappa shape index (κ3) is 4.24. The van der Waals surface area contributed by atoms with Crippen LogP contribution in [-0.2, 0) is 0 Å². The second kappa shape index (κ2) is 7.61. The number of para-hydroxylation sites is 2. The molecule has 0 aliphatic rings. The maximum Gasteiger partial charge on any atom is 0.161 e. The van der Waals surface area contributed by atoms with Crippen LogP contribution in [0.15, 0.2) is 24.3 Å². The van der Waals surface area contributed by atoms with E-state index >= 15 is 0 Å².